The number of hydrogen-bond acceptors (Lipinski definition) is 6. The summed E-state index contributed by atoms with van der Waals surface area (Å²) < 4.78 is 20.2. The highest BCUT2D eigenvalue weighted by Gasteiger charge is 2.53. The van der Waals surface area contributed by atoms with Gasteiger partial charge in [-0.05, 0) is 12.8 Å². The van der Waals surface area contributed by atoms with Crippen LogP contribution in [0.2, 0.25) is 0 Å². The van der Waals surface area contributed by atoms with E-state index in [4.69, 9.17) is 10.8 Å². The van der Waals surface area contributed by atoms with Crippen molar-refractivity contribution in [2.75, 3.05) is 13.2 Å². The lowest BCUT2D eigenvalue weighted by Gasteiger charge is -2.48. The zero-order chi connectivity index (χ0) is 21.7. The summed E-state index contributed by atoms with van der Waals surface area (Å²) in [4.78, 5) is 0. The van der Waals surface area contributed by atoms with E-state index in [1.54, 1.807) is 0 Å². The third kappa shape index (κ3) is 8.25. The lowest BCUT2D eigenvalue weighted by molar-refractivity contribution is -0.366. The highest BCUT2D eigenvalue weighted by Crippen LogP contribution is 2.36. The van der Waals surface area contributed by atoms with Crippen LogP contribution in [0.15, 0.2) is 0 Å². The molecule has 1 heterocycles. The van der Waals surface area contributed by atoms with Gasteiger partial charge in [0.05, 0.1) is 13.2 Å². The van der Waals surface area contributed by atoms with Crippen molar-refractivity contribution in [1.29, 1.82) is 0 Å². The van der Waals surface area contributed by atoms with Crippen molar-refractivity contribution in [1.82, 2.24) is 0 Å². The van der Waals surface area contributed by atoms with Gasteiger partial charge in [0.2, 0.25) is 0 Å². The molecular formula is C22H44O6. The first-order valence-corrected chi connectivity index (χ1v) is 11.3. The largest absolute Gasteiger partial charge is 0.394 e. The first kappa shape index (κ1) is 24.0. The van der Waals surface area contributed by atoms with Gasteiger partial charge in [-0.1, -0.05) is 78.1 Å². The van der Waals surface area contributed by atoms with E-state index in [2.05, 4.69) is 13.8 Å². The minimum absolute atomic E-state index is 0.0937. The van der Waals surface area contributed by atoms with E-state index >= 15 is 0 Å². The second-order valence-electron chi connectivity index (χ2n) is 8.04. The van der Waals surface area contributed by atoms with Crippen molar-refractivity contribution >= 4 is 0 Å². The molecule has 1 aliphatic rings. The predicted octanol–water partition coefficient (Wildman–Crippen LogP) is 3.28. The maximum absolute atomic E-state index is 10.7. The van der Waals surface area contributed by atoms with Crippen molar-refractivity contribution in [3.05, 3.63) is 0 Å². The van der Waals surface area contributed by atoms with Gasteiger partial charge in [-0.3, -0.25) is 0 Å². The first-order chi connectivity index (χ1) is 13.9. The second kappa shape index (κ2) is 14.7. The van der Waals surface area contributed by atoms with Crippen LogP contribution in [-0.4, -0.2) is 63.8 Å². The van der Waals surface area contributed by atoms with Gasteiger partial charge in [-0.25, -0.2) is 0 Å². The molecule has 0 aromatic rings. The summed E-state index contributed by atoms with van der Waals surface area (Å²) in [6.45, 7) is 4.15. The third-order valence-electron chi connectivity index (χ3n) is 5.57. The van der Waals surface area contributed by atoms with Crippen molar-refractivity contribution in [2.45, 2.75) is 127 Å². The maximum Gasteiger partial charge on any atom is 0.197 e. The third-order valence-corrected chi connectivity index (χ3v) is 5.57. The Hall–Kier alpha value is -0.240. The van der Waals surface area contributed by atoms with Gasteiger partial charge in [0.1, 0.15) is 24.4 Å². The highest BCUT2D eigenvalue weighted by atomic mass is 16.7. The molecule has 6 nitrogen and oxygen atoms in total. The quantitative estimate of drug-likeness (QED) is 0.294. The van der Waals surface area contributed by atoms with E-state index in [0.29, 0.717) is 13.0 Å². The van der Waals surface area contributed by atoms with Gasteiger partial charge >= 0.3 is 0 Å². The van der Waals surface area contributed by atoms with E-state index in [9.17, 15) is 20.4 Å². The number of aliphatic hydroxyl groups excluding tert-OH is 4. The molecule has 0 aromatic heterocycles. The van der Waals surface area contributed by atoms with Crippen molar-refractivity contribution < 1.29 is 31.3 Å². The molecular weight excluding hydrogens is 360 g/mol. The molecule has 0 saturated carbocycles. The summed E-state index contributed by atoms with van der Waals surface area (Å²) in [5.74, 6) is -1.58. The molecule has 0 bridgehead atoms. The standard InChI is InChI=1S/C22H44O6/c1-3-5-7-9-11-13-15-22(27-16-14-12-10-8-6-4-2)21(26)20(25)19(24)18(17-23)28-22/h18-21,23-26H,3-17H2,1-2H3/t18-,19-,20+,21-,22?/m1/s1/i13D/t13?,18-,19-,20+,21-,22?. The molecule has 6 heteroatoms. The molecule has 0 amide bonds. The fourth-order valence-corrected chi connectivity index (χ4v) is 3.70. The van der Waals surface area contributed by atoms with Crippen LogP contribution >= 0.6 is 0 Å². The number of rotatable bonds is 16. The molecule has 0 aromatic carbocycles. The van der Waals surface area contributed by atoms with Crippen LogP contribution in [0.1, 0.15) is 98.7 Å². The summed E-state index contributed by atoms with van der Waals surface area (Å²) in [7, 11) is 0. The topological polar surface area (TPSA) is 99.4 Å². The van der Waals surface area contributed by atoms with E-state index in [1.165, 1.54) is 19.3 Å². The molecule has 1 rings (SSSR count). The maximum atomic E-state index is 10.7. The average Bonchev–Trinajstić information content (AvgIpc) is 2.71. The van der Waals surface area contributed by atoms with Crippen LogP contribution in [0.25, 0.3) is 0 Å². The van der Waals surface area contributed by atoms with Gasteiger partial charge in [0.15, 0.2) is 5.79 Å². The minimum atomic E-state index is -1.58. The van der Waals surface area contributed by atoms with Crippen LogP contribution in [0.4, 0.5) is 0 Å². The van der Waals surface area contributed by atoms with Crippen LogP contribution in [0, 0.1) is 0 Å². The molecule has 0 aliphatic carbocycles. The fourth-order valence-electron chi connectivity index (χ4n) is 3.70. The van der Waals surface area contributed by atoms with Gasteiger partial charge in [0, 0.05) is 7.79 Å². The van der Waals surface area contributed by atoms with Gasteiger partial charge in [-0.15, -0.1) is 0 Å². The van der Waals surface area contributed by atoms with Crippen molar-refractivity contribution in [3.63, 3.8) is 0 Å². The Balaban J connectivity index is 2.71. The molecule has 1 fully saturated rings. The smallest absolute Gasteiger partial charge is 0.197 e. The molecule has 168 valence electrons. The normalized spacial score (nSPS) is 32.3. The summed E-state index contributed by atoms with van der Waals surface area (Å²) >= 11 is 0. The molecule has 0 radical (unpaired) electrons. The average molecular weight is 406 g/mol. The zero-order valence-electron chi connectivity index (χ0n) is 18.9. The summed E-state index contributed by atoms with van der Waals surface area (Å²) in [5.41, 5.74) is 0. The van der Waals surface area contributed by atoms with Crippen LogP contribution in [-0.2, 0) is 9.47 Å². The van der Waals surface area contributed by atoms with Gasteiger partial charge < -0.3 is 29.9 Å². The molecule has 1 aliphatic heterocycles. The lowest BCUT2D eigenvalue weighted by atomic mass is 9.89. The van der Waals surface area contributed by atoms with E-state index in [-0.39, 0.29) is 6.42 Å². The van der Waals surface area contributed by atoms with Gasteiger partial charge in [0.25, 0.3) is 0 Å². The highest BCUT2D eigenvalue weighted by molar-refractivity contribution is 4.97. The van der Waals surface area contributed by atoms with Gasteiger partial charge in [-0.2, -0.15) is 0 Å². The monoisotopic (exact) mass is 405 g/mol. The molecule has 4 N–H and O–H groups in total. The number of ether oxygens (including phenoxy) is 2. The zero-order valence-corrected chi connectivity index (χ0v) is 17.9. The lowest BCUT2D eigenvalue weighted by Crippen LogP contribution is -2.66. The SMILES string of the molecule is [2H]C(CCCCCC)CC1(OCCCCCCCC)O[C@H](CO)[C@@H](O)[C@H](O)[C@H]1O. The molecule has 1 saturated heterocycles. The van der Waals surface area contributed by atoms with E-state index < -0.39 is 43.2 Å². The van der Waals surface area contributed by atoms with Crippen LogP contribution in [0.3, 0.4) is 0 Å². The van der Waals surface area contributed by atoms with E-state index in [1.807, 2.05) is 0 Å². The second-order valence-corrected chi connectivity index (χ2v) is 8.04. The Bertz CT molecular complexity index is 411. The van der Waals surface area contributed by atoms with E-state index in [0.717, 1.165) is 44.9 Å². The molecule has 28 heavy (non-hydrogen) atoms. The summed E-state index contributed by atoms with van der Waals surface area (Å²) in [6, 6.07) is 0. The predicted molar refractivity (Wildman–Crippen MR) is 110 cm³/mol. The Morgan fingerprint density at radius 3 is 2.04 bits per heavy atom. The first-order valence-electron chi connectivity index (χ1n) is 11.9. The summed E-state index contributed by atoms with van der Waals surface area (Å²) in [6.07, 6.45) is 5.55. The number of hydrogen-bond donors (Lipinski definition) is 4. The van der Waals surface area contributed by atoms with Crippen molar-refractivity contribution in [3.8, 4) is 0 Å². The Morgan fingerprint density at radius 1 is 0.857 bits per heavy atom. The van der Waals surface area contributed by atoms with Crippen LogP contribution in [0.5, 0.6) is 0 Å². The number of aliphatic hydroxyl groups is 4. The number of unbranched alkanes of at least 4 members (excludes halogenated alkanes) is 8. The Kier molecular flexibility index (Phi) is 12.6. The summed E-state index contributed by atoms with van der Waals surface area (Å²) in [5, 5.41) is 40.6. The van der Waals surface area contributed by atoms with Crippen molar-refractivity contribution in [2.24, 2.45) is 0 Å². The Labute approximate surface area is 172 Å². The molecule has 2 unspecified atom stereocenters. The molecule has 0 spiro atoms. The Morgan fingerprint density at radius 2 is 1.43 bits per heavy atom. The molecule has 6 atom stereocenters. The minimum Gasteiger partial charge on any atom is -0.394 e. The fraction of sp³-hybridized carbons (Fsp3) is 1.00. The van der Waals surface area contributed by atoms with Crippen LogP contribution < -0.4 is 0 Å².